The van der Waals surface area contributed by atoms with Crippen molar-refractivity contribution in [3.05, 3.63) is 23.7 Å². The molecule has 3 rings (SSSR count). The quantitative estimate of drug-likeness (QED) is 0.699. The zero-order chi connectivity index (χ0) is 10.5. The maximum Gasteiger partial charge on any atom is 0.245 e. The number of hydrogen-bond donors (Lipinski definition) is 0. The molecule has 0 N–H and O–H groups in total. The number of carbonyl (C=O) groups excluding carboxylic acids is 1. The summed E-state index contributed by atoms with van der Waals surface area (Å²) >= 11 is 0. The van der Waals surface area contributed by atoms with Gasteiger partial charge in [-0.15, -0.1) is 0 Å². The number of hydrogen-bond acceptors (Lipinski definition) is 4. The number of rotatable bonds is 2. The Balaban J connectivity index is 2.17. The van der Waals surface area contributed by atoms with Crippen LogP contribution in [-0.2, 0) is 5.41 Å². The Morgan fingerprint density at radius 3 is 3.00 bits per heavy atom. The number of aldehydes is 1. The number of carbonyl (C=O) groups is 1. The first-order chi connectivity index (χ1) is 7.21. The molecule has 4 heteroatoms. The van der Waals surface area contributed by atoms with Gasteiger partial charge in [0, 0.05) is 11.5 Å². The number of fused-ring (bicyclic) bond motifs is 1. The van der Waals surface area contributed by atoms with Gasteiger partial charge in [-0.25, -0.2) is 9.97 Å². The minimum absolute atomic E-state index is 0.170. The van der Waals surface area contributed by atoms with Crippen LogP contribution in [-0.4, -0.2) is 16.3 Å². The molecule has 0 atom stereocenters. The van der Waals surface area contributed by atoms with Gasteiger partial charge in [-0.3, -0.25) is 4.79 Å². The lowest BCUT2D eigenvalue weighted by atomic mass is 10.1. The second kappa shape index (κ2) is 2.66. The number of nitrogens with zero attached hydrogens (tertiary/aromatic N) is 2. The summed E-state index contributed by atoms with van der Waals surface area (Å²) in [6, 6.07) is 1.89. The summed E-state index contributed by atoms with van der Waals surface area (Å²) in [6.07, 6.45) is 4.41. The van der Waals surface area contributed by atoms with Gasteiger partial charge in [0.15, 0.2) is 6.29 Å². The topological polar surface area (TPSA) is 56.0 Å². The van der Waals surface area contributed by atoms with Crippen LogP contribution in [0.4, 0.5) is 0 Å². The van der Waals surface area contributed by atoms with Crippen LogP contribution < -0.4 is 0 Å². The third-order valence-corrected chi connectivity index (χ3v) is 2.97. The van der Waals surface area contributed by atoms with Crippen molar-refractivity contribution < 1.29 is 9.21 Å². The predicted octanol–water partition coefficient (Wildman–Crippen LogP) is 2.09. The molecule has 1 aliphatic rings. The van der Waals surface area contributed by atoms with Crippen LogP contribution in [0.5, 0.6) is 0 Å². The van der Waals surface area contributed by atoms with Crippen molar-refractivity contribution in [3.63, 3.8) is 0 Å². The average molecular weight is 202 g/mol. The second-order valence-electron chi connectivity index (χ2n) is 4.27. The van der Waals surface area contributed by atoms with E-state index >= 15 is 0 Å². The summed E-state index contributed by atoms with van der Waals surface area (Å²) in [4.78, 5) is 18.7. The van der Waals surface area contributed by atoms with Crippen LogP contribution >= 0.6 is 0 Å². The van der Waals surface area contributed by atoms with Crippen molar-refractivity contribution >= 4 is 17.5 Å². The van der Waals surface area contributed by atoms with Crippen molar-refractivity contribution in [1.82, 2.24) is 9.97 Å². The van der Waals surface area contributed by atoms with Crippen LogP contribution in [0, 0.1) is 0 Å². The second-order valence-corrected chi connectivity index (χ2v) is 4.27. The molecule has 76 valence electrons. The highest BCUT2D eigenvalue weighted by Gasteiger charge is 2.42. The predicted molar refractivity (Wildman–Crippen MR) is 53.8 cm³/mol. The SMILES string of the molecule is CC1(c2cc3nc(C=O)cnc3o2)CC1. The molecule has 1 fully saturated rings. The van der Waals surface area contributed by atoms with Crippen molar-refractivity contribution in [2.45, 2.75) is 25.2 Å². The van der Waals surface area contributed by atoms with Gasteiger partial charge in [0.1, 0.15) is 17.0 Å². The van der Waals surface area contributed by atoms with Gasteiger partial charge >= 0.3 is 0 Å². The van der Waals surface area contributed by atoms with Gasteiger partial charge in [-0.1, -0.05) is 6.92 Å². The van der Waals surface area contributed by atoms with E-state index in [1.54, 1.807) is 0 Å². The van der Waals surface area contributed by atoms with Gasteiger partial charge in [-0.2, -0.15) is 0 Å². The lowest BCUT2D eigenvalue weighted by molar-refractivity contribution is 0.111. The standard InChI is InChI=1S/C11H10N2O2/c1-11(2-3-11)9-4-8-10(15-9)12-5-7(6-14)13-8/h4-6H,2-3H2,1H3. The first-order valence-electron chi connectivity index (χ1n) is 4.93. The van der Waals surface area contributed by atoms with Crippen LogP contribution in [0.1, 0.15) is 36.0 Å². The summed E-state index contributed by atoms with van der Waals surface area (Å²) < 4.78 is 5.60. The van der Waals surface area contributed by atoms with Crippen LogP contribution in [0.2, 0.25) is 0 Å². The molecule has 0 saturated heterocycles. The van der Waals surface area contributed by atoms with E-state index in [1.165, 1.54) is 6.20 Å². The fourth-order valence-corrected chi connectivity index (χ4v) is 1.63. The summed E-state index contributed by atoms with van der Waals surface area (Å²) in [6.45, 7) is 2.16. The molecule has 0 unspecified atom stereocenters. The lowest BCUT2D eigenvalue weighted by Crippen LogP contribution is -1.95. The first kappa shape index (κ1) is 8.59. The zero-order valence-electron chi connectivity index (χ0n) is 8.36. The molecule has 15 heavy (non-hydrogen) atoms. The molecular formula is C11H10N2O2. The normalized spacial score (nSPS) is 17.9. The molecule has 1 saturated carbocycles. The summed E-state index contributed by atoms with van der Waals surface area (Å²) in [5.74, 6) is 0.931. The molecule has 2 aromatic rings. The average Bonchev–Trinajstić information content (AvgIpc) is 2.85. The molecule has 0 amide bonds. The fourth-order valence-electron chi connectivity index (χ4n) is 1.63. The Labute approximate surface area is 86.3 Å². The minimum Gasteiger partial charge on any atom is -0.441 e. The number of furan rings is 1. The van der Waals surface area contributed by atoms with Gasteiger partial charge in [0.25, 0.3) is 0 Å². The van der Waals surface area contributed by atoms with E-state index in [-0.39, 0.29) is 5.41 Å². The molecule has 0 spiro atoms. The summed E-state index contributed by atoms with van der Waals surface area (Å²) in [5.41, 5.74) is 1.70. The van der Waals surface area contributed by atoms with E-state index in [0.29, 0.717) is 23.2 Å². The molecule has 2 aromatic heterocycles. The van der Waals surface area contributed by atoms with Crippen molar-refractivity contribution in [3.8, 4) is 0 Å². The van der Waals surface area contributed by atoms with E-state index in [1.807, 2.05) is 6.07 Å². The zero-order valence-corrected chi connectivity index (χ0v) is 8.36. The highest BCUT2D eigenvalue weighted by atomic mass is 16.3. The molecule has 0 aromatic carbocycles. The fraction of sp³-hybridized carbons (Fsp3) is 0.364. The van der Waals surface area contributed by atoms with E-state index in [2.05, 4.69) is 16.9 Å². The molecule has 2 heterocycles. The van der Waals surface area contributed by atoms with Crippen LogP contribution in [0.3, 0.4) is 0 Å². The van der Waals surface area contributed by atoms with E-state index in [0.717, 1.165) is 18.6 Å². The van der Waals surface area contributed by atoms with Gasteiger partial charge < -0.3 is 4.42 Å². The Morgan fingerprint density at radius 1 is 1.53 bits per heavy atom. The molecule has 4 nitrogen and oxygen atoms in total. The minimum atomic E-state index is 0.170. The highest BCUT2D eigenvalue weighted by Crippen LogP contribution is 2.48. The lowest BCUT2D eigenvalue weighted by Gasteiger charge is -1.99. The molecule has 0 radical (unpaired) electrons. The Hall–Kier alpha value is -1.71. The van der Waals surface area contributed by atoms with Crippen molar-refractivity contribution in [2.24, 2.45) is 0 Å². The van der Waals surface area contributed by atoms with E-state index < -0.39 is 0 Å². The molecule has 0 bridgehead atoms. The largest absolute Gasteiger partial charge is 0.441 e. The molecule has 1 aliphatic carbocycles. The summed E-state index contributed by atoms with van der Waals surface area (Å²) in [7, 11) is 0. The van der Waals surface area contributed by atoms with Crippen LogP contribution in [0.25, 0.3) is 11.2 Å². The summed E-state index contributed by atoms with van der Waals surface area (Å²) in [5, 5.41) is 0. The Bertz CT molecular complexity index is 541. The van der Waals surface area contributed by atoms with Gasteiger partial charge in [0.2, 0.25) is 5.71 Å². The number of aromatic nitrogens is 2. The maximum absolute atomic E-state index is 10.5. The van der Waals surface area contributed by atoms with E-state index in [4.69, 9.17) is 4.42 Å². The third kappa shape index (κ3) is 1.25. The van der Waals surface area contributed by atoms with Gasteiger partial charge in [-0.05, 0) is 12.8 Å². The monoisotopic (exact) mass is 202 g/mol. The Morgan fingerprint density at radius 2 is 2.33 bits per heavy atom. The Kier molecular flexibility index (Phi) is 1.52. The smallest absolute Gasteiger partial charge is 0.245 e. The van der Waals surface area contributed by atoms with E-state index in [9.17, 15) is 4.79 Å². The van der Waals surface area contributed by atoms with Crippen molar-refractivity contribution in [2.75, 3.05) is 0 Å². The molecular weight excluding hydrogens is 192 g/mol. The first-order valence-corrected chi connectivity index (χ1v) is 4.93. The van der Waals surface area contributed by atoms with Crippen LogP contribution in [0.15, 0.2) is 16.7 Å². The van der Waals surface area contributed by atoms with Gasteiger partial charge in [0.05, 0.1) is 6.20 Å². The maximum atomic E-state index is 10.5. The third-order valence-electron chi connectivity index (χ3n) is 2.97. The van der Waals surface area contributed by atoms with Crippen molar-refractivity contribution in [1.29, 1.82) is 0 Å². The molecule has 0 aliphatic heterocycles. The highest BCUT2D eigenvalue weighted by molar-refractivity contribution is 5.77.